The van der Waals surface area contributed by atoms with Crippen LogP contribution in [-0.4, -0.2) is 76.5 Å². The highest BCUT2D eigenvalue weighted by Gasteiger charge is 2.32. The standard InChI is InChI=1S/C24H21F4N5O3.C6H12FN/c1-4-12-14(25)7-29-15-6-11(34)5-13(17(12)15)20-19(28)21-18-22(32-24(31-21)35-3)33(8-16(26)27)10(2)9-36-23(18)30-20;1-2-6-3-5(7)4-8-6/h5-7,10,16,34H,4,8-9H2,1-3H3;5-6,8H,2-4H2,1H3/t10-;/m0./s1. The van der Waals surface area contributed by atoms with Crippen LogP contribution in [0.3, 0.4) is 0 Å². The second-order valence-electron chi connectivity index (χ2n) is 10.7. The Morgan fingerprint density at radius 2 is 1.93 bits per heavy atom. The summed E-state index contributed by atoms with van der Waals surface area (Å²) in [4.78, 5) is 18.1. The summed E-state index contributed by atoms with van der Waals surface area (Å²) in [6, 6.07) is 2.25. The van der Waals surface area contributed by atoms with E-state index in [2.05, 4.69) is 32.2 Å². The molecule has 3 aromatic heterocycles. The van der Waals surface area contributed by atoms with Crippen LogP contribution in [0.1, 0.15) is 39.2 Å². The molecule has 5 heterocycles. The second kappa shape index (κ2) is 12.9. The molecule has 1 aromatic carbocycles. The number of ether oxygens (including phenoxy) is 2. The molecule has 1 fully saturated rings. The first kappa shape index (κ1) is 31.4. The summed E-state index contributed by atoms with van der Waals surface area (Å²) >= 11 is 0. The Balaban J connectivity index is 0.000000418. The molecule has 0 spiro atoms. The SMILES string of the molecule is CCC1CC(F)CN1.CCc1c(F)cnc2cc(O)cc(-c3nc4c5c(nc(OC)nc5c3F)N(CC(F)F)[C@@H](C)CO4)c12. The maximum absolute atomic E-state index is 16.2. The number of benzene rings is 1. The van der Waals surface area contributed by atoms with E-state index in [-0.39, 0.29) is 75.1 Å². The lowest BCUT2D eigenvalue weighted by molar-refractivity contribution is 0.149. The zero-order chi connectivity index (χ0) is 31.7. The number of fused-ring (bicyclic) bond motifs is 1. The lowest BCUT2D eigenvalue weighted by Crippen LogP contribution is -2.40. The van der Waals surface area contributed by atoms with Crippen LogP contribution in [0.15, 0.2) is 18.3 Å². The molecule has 44 heavy (non-hydrogen) atoms. The number of anilines is 1. The van der Waals surface area contributed by atoms with Crippen LogP contribution in [0.5, 0.6) is 17.6 Å². The summed E-state index contributed by atoms with van der Waals surface area (Å²) in [7, 11) is 1.27. The van der Waals surface area contributed by atoms with Gasteiger partial charge < -0.3 is 24.8 Å². The molecule has 2 unspecified atom stereocenters. The van der Waals surface area contributed by atoms with E-state index in [1.165, 1.54) is 24.1 Å². The van der Waals surface area contributed by atoms with E-state index in [1.54, 1.807) is 13.8 Å². The molecule has 6 rings (SSSR count). The zero-order valence-corrected chi connectivity index (χ0v) is 24.7. The number of aromatic nitrogens is 4. The van der Waals surface area contributed by atoms with Gasteiger partial charge in [0.1, 0.15) is 46.8 Å². The average Bonchev–Trinajstić information content (AvgIpc) is 3.39. The fraction of sp³-hybridized carbons (Fsp3) is 0.467. The smallest absolute Gasteiger partial charge is 0.318 e. The summed E-state index contributed by atoms with van der Waals surface area (Å²) in [5.41, 5.74) is 0.0371. The first-order valence-corrected chi connectivity index (χ1v) is 14.4. The molecular weight excluding hydrogens is 587 g/mol. The predicted molar refractivity (Wildman–Crippen MR) is 155 cm³/mol. The van der Waals surface area contributed by atoms with Gasteiger partial charge in [0.05, 0.1) is 31.4 Å². The maximum atomic E-state index is 16.2. The highest BCUT2D eigenvalue weighted by Crippen LogP contribution is 2.43. The quantitative estimate of drug-likeness (QED) is 0.261. The number of nitrogens with zero attached hydrogens (tertiary/aromatic N) is 5. The highest BCUT2D eigenvalue weighted by atomic mass is 19.3. The van der Waals surface area contributed by atoms with Crippen LogP contribution in [0.4, 0.5) is 27.8 Å². The Morgan fingerprint density at radius 1 is 1.16 bits per heavy atom. The third kappa shape index (κ3) is 5.99. The van der Waals surface area contributed by atoms with E-state index in [4.69, 9.17) is 9.47 Å². The molecule has 1 saturated heterocycles. The van der Waals surface area contributed by atoms with Crippen LogP contribution in [-0.2, 0) is 6.42 Å². The van der Waals surface area contributed by atoms with Gasteiger partial charge in [0.15, 0.2) is 5.82 Å². The van der Waals surface area contributed by atoms with E-state index in [9.17, 15) is 22.7 Å². The maximum Gasteiger partial charge on any atom is 0.318 e. The van der Waals surface area contributed by atoms with Crippen LogP contribution < -0.4 is 19.7 Å². The van der Waals surface area contributed by atoms with Crippen LogP contribution >= 0.6 is 0 Å². The van der Waals surface area contributed by atoms with Gasteiger partial charge in [-0.25, -0.2) is 26.9 Å². The molecule has 2 aliphatic heterocycles. The van der Waals surface area contributed by atoms with Gasteiger partial charge in [0.2, 0.25) is 5.88 Å². The van der Waals surface area contributed by atoms with Crippen molar-refractivity contribution < 1.29 is 36.5 Å². The van der Waals surface area contributed by atoms with E-state index >= 15 is 4.39 Å². The third-order valence-corrected chi connectivity index (χ3v) is 7.77. The number of hydrogen-bond donors (Lipinski definition) is 2. The summed E-state index contributed by atoms with van der Waals surface area (Å²) in [5, 5.41) is 13.7. The number of hydrogen-bond acceptors (Lipinski definition) is 9. The molecule has 9 nitrogen and oxygen atoms in total. The number of halogens is 5. The summed E-state index contributed by atoms with van der Waals surface area (Å²) < 4.78 is 80.9. The highest BCUT2D eigenvalue weighted by molar-refractivity contribution is 6.02. The number of nitrogens with one attached hydrogen (secondary N) is 1. The lowest BCUT2D eigenvalue weighted by Gasteiger charge is -2.28. The summed E-state index contributed by atoms with van der Waals surface area (Å²) in [5.74, 6) is -1.84. The summed E-state index contributed by atoms with van der Waals surface area (Å²) in [6.07, 6.45) is -0.205. The predicted octanol–water partition coefficient (Wildman–Crippen LogP) is 5.74. The van der Waals surface area contributed by atoms with E-state index < -0.39 is 36.8 Å². The molecule has 2 N–H and O–H groups in total. The minimum Gasteiger partial charge on any atom is -0.508 e. The van der Waals surface area contributed by atoms with Crippen molar-refractivity contribution in [3.05, 3.63) is 35.5 Å². The minimum atomic E-state index is -2.70. The Hall–Kier alpha value is -4.07. The normalized spacial score (nSPS) is 19.6. The molecule has 0 radical (unpaired) electrons. The Labute approximate surface area is 250 Å². The van der Waals surface area contributed by atoms with Gasteiger partial charge in [-0.3, -0.25) is 4.98 Å². The number of alkyl halides is 3. The van der Waals surface area contributed by atoms with Gasteiger partial charge in [-0.15, -0.1) is 0 Å². The van der Waals surface area contributed by atoms with Crippen LogP contribution in [0.25, 0.3) is 33.1 Å². The molecule has 0 aliphatic carbocycles. The Morgan fingerprint density at radius 3 is 2.55 bits per heavy atom. The van der Waals surface area contributed by atoms with Gasteiger partial charge in [-0.2, -0.15) is 9.97 Å². The topological polar surface area (TPSA) is 106 Å². The molecule has 3 atom stereocenters. The lowest BCUT2D eigenvalue weighted by atomic mass is 9.97. The van der Waals surface area contributed by atoms with E-state index in [0.29, 0.717) is 12.6 Å². The monoisotopic (exact) mass is 620 g/mol. The number of methoxy groups -OCH3 is 1. The van der Waals surface area contributed by atoms with Crippen molar-refractivity contribution in [3.63, 3.8) is 0 Å². The average molecular weight is 621 g/mol. The van der Waals surface area contributed by atoms with Crippen LogP contribution in [0.2, 0.25) is 0 Å². The van der Waals surface area contributed by atoms with Crippen molar-refractivity contribution >= 4 is 27.6 Å². The van der Waals surface area contributed by atoms with Crippen molar-refractivity contribution in [1.29, 1.82) is 0 Å². The van der Waals surface area contributed by atoms with Crippen molar-refractivity contribution in [2.24, 2.45) is 0 Å². The van der Waals surface area contributed by atoms with Gasteiger partial charge >= 0.3 is 6.01 Å². The van der Waals surface area contributed by atoms with Crippen LogP contribution in [0, 0.1) is 11.6 Å². The van der Waals surface area contributed by atoms with Gasteiger partial charge in [0, 0.05) is 29.6 Å². The number of aryl methyl sites for hydroxylation is 1. The minimum absolute atomic E-state index is 0.00201. The molecule has 0 amide bonds. The summed E-state index contributed by atoms with van der Waals surface area (Å²) in [6.45, 7) is 5.32. The Bertz CT molecular complexity index is 1680. The van der Waals surface area contributed by atoms with Crippen molar-refractivity contribution in [3.8, 4) is 28.9 Å². The van der Waals surface area contributed by atoms with E-state index in [0.717, 1.165) is 19.0 Å². The molecule has 0 bridgehead atoms. The molecule has 4 aromatic rings. The zero-order valence-electron chi connectivity index (χ0n) is 24.7. The number of aromatic hydroxyl groups is 1. The van der Waals surface area contributed by atoms with Crippen molar-refractivity contribution in [2.45, 2.75) is 64.7 Å². The van der Waals surface area contributed by atoms with Crippen molar-refractivity contribution in [2.75, 3.05) is 31.7 Å². The molecule has 0 saturated carbocycles. The fourth-order valence-electron chi connectivity index (χ4n) is 5.57. The number of phenolic OH excluding ortho intramolecular Hbond substituents is 1. The fourth-order valence-corrected chi connectivity index (χ4v) is 5.57. The van der Waals surface area contributed by atoms with Gasteiger partial charge in [-0.1, -0.05) is 13.8 Å². The Kier molecular flexibility index (Phi) is 9.18. The molecule has 14 heteroatoms. The molecule has 2 aliphatic rings. The molecule has 236 valence electrons. The first-order chi connectivity index (χ1) is 21.1. The third-order valence-electron chi connectivity index (χ3n) is 7.77. The second-order valence-corrected chi connectivity index (χ2v) is 10.7. The largest absolute Gasteiger partial charge is 0.508 e. The van der Waals surface area contributed by atoms with Crippen molar-refractivity contribution in [1.82, 2.24) is 25.3 Å². The molecular formula is C30H33F5N6O3. The first-order valence-electron chi connectivity index (χ1n) is 14.4. The van der Waals surface area contributed by atoms with E-state index in [1.807, 2.05) is 0 Å². The van der Waals surface area contributed by atoms with Gasteiger partial charge in [0.25, 0.3) is 6.43 Å². The number of phenols is 1. The van der Waals surface area contributed by atoms with Gasteiger partial charge in [-0.05, 0) is 37.8 Å². The number of pyridine rings is 2. The number of rotatable bonds is 6.